The van der Waals surface area contributed by atoms with Gasteiger partial charge in [0.1, 0.15) is 11.6 Å². The third kappa shape index (κ3) is 4.96. The molecular formula is C14H20ClNO2. The van der Waals surface area contributed by atoms with Crippen molar-refractivity contribution in [3.63, 3.8) is 0 Å². The number of nitrogens with zero attached hydrogens (tertiary/aromatic N) is 1. The van der Waals surface area contributed by atoms with Crippen LogP contribution in [0.4, 0.5) is 0 Å². The minimum absolute atomic E-state index is 0.0394. The number of carbonyl (C=O) groups excluding carboxylic acids is 1. The van der Waals surface area contributed by atoms with Crippen molar-refractivity contribution in [2.75, 3.05) is 19.5 Å². The molecule has 0 spiro atoms. The number of halogens is 1. The van der Waals surface area contributed by atoms with E-state index < -0.39 is 0 Å². The molecule has 1 rings (SSSR count). The van der Waals surface area contributed by atoms with Gasteiger partial charge in [-0.25, -0.2) is 0 Å². The van der Waals surface area contributed by atoms with Gasteiger partial charge in [-0.15, -0.1) is 11.6 Å². The molecule has 0 atom stereocenters. The van der Waals surface area contributed by atoms with Gasteiger partial charge in [-0.1, -0.05) is 12.1 Å². The molecule has 0 aliphatic heterocycles. The number of alkyl halides is 1. The lowest BCUT2D eigenvalue weighted by molar-refractivity contribution is -0.127. The smallest absolute Gasteiger partial charge is 0.237 e. The lowest BCUT2D eigenvalue weighted by Gasteiger charge is -2.16. The number of hydrogen-bond acceptors (Lipinski definition) is 2. The number of rotatable bonds is 6. The van der Waals surface area contributed by atoms with Gasteiger partial charge in [0.2, 0.25) is 5.91 Å². The Morgan fingerprint density at radius 2 is 1.94 bits per heavy atom. The van der Waals surface area contributed by atoms with Gasteiger partial charge in [-0.05, 0) is 38.0 Å². The Kier molecular flexibility index (Phi) is 5.99. The van der Waals surface area contributed by atoms with Gasteiger partial charge in [0.25, 0.3) is 0 Å². The second-order valence-corrected chi connectivity index (χ2v) is 4.78. The second-order valence-electron chi connectivity index (χ2n) is 4.51. The minimum Gasteiger partial charge on any atom is -0.491 e. The van der Waals surface area contributed by atoms with Crippen molar-refractivity contribution in [2.24, 2.45) is 0 Å². The van der Waals surface area contributed by atoms with Gasteiger partial charge >= 0.3 is 0 Å². The van der Waals surface area contributed by atoms with Gasteiger partial charge in [-0.3, -0.25) is 4.79 Å². The van der Waals surface area contributed by atoms with Crippen LogP contribution in [0.15, 0.2) is 24.3 Å². The summed E-state index contributed by atoms with van der Waals surface area (Å²) in [4.78, 5) is 12.9. The highest BCUT2D eigenvalue weighted by Crippen LogP contribution is 2.14. The first-order chi connectivity index (χ1) is 8.52. The summed E-state index contributed by atoms with van der Waals surface area (Å²) in [6.45, 7) is 4.68. The van der Waals surface area contributed by atoms with E-state index in [0.29, 0.717) is 6.54 Å². The van der Waals surface area contributed by atoms with Crippen LogP contribution in [0, 0.1) is 0 Å². The van der Waals surface area contributed by atoms with Gasteiger partial charge in [-0.2, -0.15) is 0 Å². The fraction of sp³-hybridized carbons (Fsp3) is 0.500. The van der Waals surface area contributed by atoms with Crippen molar-refractivity contribution in [3.8, 4) is 5.75 Å². The van der Waals surface area contributed by atoms with E-state index in [-0.39, 0.29) is 17.9 Å². The Morgan fingerprint density at radius 1 is 1.33 bits per heavy atom. The topological polar surface area (TPSA) is 29.5 Å². The summed E-state index contributed by atoms with van der Waals surface area (Å²) >= 11 is 5.49. The molecule has 1 aromatic carbocycles. The summed E-state index contributed by atoms with van der Waals surface area (Å²) in [5, 5.41) is 0. The zero-order chi connectivity index (χ0) is 13.5. The van der Waals surface area contributed by atoms with Gasteiger partial charge < -0.3 is 9.64 Å². The van der Waals surface area contributed by atoms with Crippen molar-refractivity contribution in [3.05, 3.63) is 29.8 Å². The molecule has 1 amide bonds. The SMILES string of the molecule is CC(C)Oc1ccc(CCN(C)C(=O)CCl)cc1. The summed E-state index contributed by atoms with van der Waals surface area (Å²) in [6.07, 6.45) is 1.00. The summed E-state index contributed by atoms with van der Waals surface area (Å²) in [7, 11) is 1.76. The molecule has 0 aromatic heterocycles. The number of benzene rings is 1. The minimum atomic E-state index is -0.0450. The second kappa shape index (κ2) is 7.27. The van der Waals surface area contributed by atoms with E-state index in [1.807, 2.05) is 38.1 Å². The van der Waals surface area contributed by atoms with Gasteiger partial charge in [0.15, 0.2) is 0 Å². The molecule has 18 heavy (non-hydrogen) atoms. The summed E-state index contributed by atoms with van der Waals surface area (Å²) < 4.78 is 5.57. The molecular weight excluding hydrogens is 250 g/mol. The molecule has 0 saturated heterocycles. The van der Waals surface area contributed by atoms with Crippen molar-refractivity contribution in [1.82, 2.24) is 4.90 Å². The number of amides is 1. The molecule has 0 radical (unpaired) electrons. The van der Waals surface area contributed by atoms with E-state index in [2.05, 4.69) is 0 Å². The third-order valence-corrected chi connectivity index (χ3v) is 2.80. The quantitative estimate of drug-likeness (QED) is 0.743. The van der Waals surface area contributed by atoms with Crippen LogP contribution in [0.3, 0.4) is 0 Å². The Hall–Kier alpha value is -1.22. The first kappa shape index (κ1) is 14.8. The molecule has 0 fully saturated rings. The molecule has 0 aliphatic rings. The Balaban J connectivity index is 2.46. The normalized spacial score (nSPS) is 10.5. The maximum atomic E-state index is 11.3. The first-order valence-corrected chi connectivity index (χ1v) is 6.62. The third-order valence-electron chi connectivity index (χ3n) is 2.57. The van der Waals surface area contributed by atoms with Crippen LogP contribution >= 0.6 is 11.6 Å². The first-order valence-electron chi connectivity index (χ1n) is 6.08. The zero-order valence-corrected chi connectivity index (χ0v) is 11.9. The van der Waals surface area contributed by atoms with E-state index in [1.54, 1.807) is 11.9 Å². The molecule has 4 heteroatoms. The van der Waals surface area contributed by atoms with Gasteiger partial charge in [0.05, 0.1) is 6.10 Å². The van der Waals surface area contributed by atoms with Crippen molar-refractivity contribution in [2.45, 2.75) is 26.4 Å². The van der Waals surface area contributed by atoms with Crippen LogP contribution in [0.5, 0.6) is 5.75 Å². The Morgan fingerprint density at radius 3 is 2.44 bits per heavy atom. The lowest BCUT2D eigenvalue weighted by atomic mass is 10.1. The standard InChI is InChI=1S/C14H20ClNO2/c1-11(2)18-13-6-4-12(5-7-13)8-9-16(3)14(17)10-15/h4-7,11H,8-10H2,1-3H3. The monoisotopic (exact) mass is 269 g/mol. The summed E-state index contributed by atoms with van der Waals surface area (Å²) in [5.41, 5.74) is 1.18. The predicted octanol–water partition coefficient (Wildman–Crippen LogP) is 2.71. The molecule has 0 unspecified atom stereocenters. The molecule has 100 valence electrons. The van der Waals surface area contributed by atoms with E-state index in [9.17, 15) is 4.79 Å². The molecule has 0 saturated carbocycles. The van der Waals surface area contributed by atoms with E-state index in [0.717, 1.165) is 12.2 Å². The van der Waals surface area contributed by atoms with E-state index in [4.69, 9.17) is 16.3 Å². The molecule has 3 nitrogen and oxygen atoms in total. The molecule has 0 heterocycles. The highest BCUT2D eigenvalue weighted by molar-refractivity contribution is 6.27. The molecule has 1 aromatic rings. The highest BCUT2D eigenvalue weighted by atomic mass is 35.5. The average Bonchev–Trinajstić information content (AvgIpc) is 2.36. The lowest BCUT2D eigenvalue weighted by Crippen LogP contribution is -2.29. The van der Waals surface area contributed by atoms with E-state index in [1.165, 1.54) is 5.56 Å². The number of carbonyl (C=O) groups is 1. The van der Waals surface area contributed by atoms with Crippen LogP contribution in [-0.4, -0.2) is 36.4 Å². The molecule has 0 aliphatic carbocycles. The van der Waals surface area contributed by atoms with Crippen LogP contribution in [0.25, 0.3) is 0 Å². The van der Waals surface area contributed by atoms with Crippen LogP contribution in [0.2, 0.25) is 0 Å². The molecule has 0 bridgehead atoms. The summed E-state index contributed by atoms with van der Waals surface area (Å²) in [6, 6.07) is 7.96. The van der Waals surface area contributed by atoms with Crippen molar-refractivity contribution < 1.29 is 9.53 Å². The van der Waals surface area contributed by atoms with Gasteiger partial charge in [0, 0.05) is 13.6 Å². The maximum Gasteiger partial charge on any atom is 0.237 e. The largest absolute Gasteiger partial charge is 0.491 e. The maximum absolute atomic E-state index is 11.3. The molecule has 0 N–H and O–H groups in total. The van der Waals surface area contributed by atoms with Crippen LogP contribution < -0.4 is 4.74 Å². The van der Waals surface area contributed by atoms with Crippen molar-refractivity contribution in [1.29, 1.82) is 0 Å². The van der Waals surface area contributed by atoms with Crippen molar-refractivity contribution >= 4 is 17.5 Å². The summed E-state index contributed by atoms with van der Waals surface area (Å²) in [5.74, 6) is 0.868. The number of hydrogen-bond donors (Lipinski definition) is 0. The van der Waals surface area contributed by atoms with Crippen LogP contribution in [-0.2, 0) is 11.2 Å². The van der Waals surface area contributed by atoms with E-state index >= 15 is 0 Å². The Bertz CT molecular complexity index is 376. The number of likely N-dealkylation sites (N-methyl/N-ethyl adjacent to an activating group) is 1. The fourth-order valence-electron chi connectivity index (χ4n) is 1.53. The Labute approximate surface area is 114 Å². The highest BCUT2D eigenvalue weighted by Gasteiger charge is 2.06. The average molecular weight is 270 g/mol. The zero-order valence-electron chi connectivity index (χ0n) is 11.1. The predicted molar refractivity (Wildman–Crippen MR) is 74.3 cm³/mol. The fourth-order valence-corrected chi connectivity index (χ4v) is 1.73. The van der Waals surface area contributed by atoms with Crippen LogP contribution in [0.1, 0.15) is 19.4 Å². The number of ether oxygens (including phenoxy) is 1.